The molecule has 1 amide bonds. The van der Waals surface area contributed by atoms with E-state index in [0.717, 1.165) is 11.4 Å². The number of methoxy groups -OCH3 is 1. The third-order valence-corrected chi connectivity index (χ3v) is 4.30. The van der Waals surface area contributed by atoms with Crippen molar-refractivity contribution < 1.29 is 9.53 Å². The first kappa shape index (κ1) is 18.0. The second kappa shape index (κ2) is 8.08. The van der Waals surface area contributed by atoms with Gasteiger partial charge in [-0.25, -0.2) is 4.98 Å². The molecule has 0 saturated heterocycles. The highest BCUT2D eigenvalue weighted by molar-refractivity contribution is 6.42. The number of ether oxygens (including phenoxy) is 1. The molecule has 0 unspecified atom stereocenters. The number of nitrogens with zero attached hydrogens (tertiary/aromatic N) is 1. The second-order valence-corrected chi connectivity index (χ2v) is 6.15. The number of aromatic nitrogens is 1. The van der Waals surface area contributed by atoms with Crippen LogP contribution in [0.1, 0.15) is 10.5 Å². The van der Waals surface area contributed by atoms with Crippen molar-refractivity contribution in [1.82, 2.24) is 4.98 Å². The molecule has 0 atom stereocenters. The van der Waals surface area contributed by atoms with E-state index < -0.39 is 0 Å². The van der Waals surface area contributed by atoms with Crippen LogP contribution in [-0.4, -0.2) is 18.0 Å². The number of halogens is 2. The molecule has 0 aliphatic rings. The van der Waals surface area contributed by atoms with E-state index in [4.69, 9.17) is 27.9 Å². The van der Waals surface area contributed by atoms with E-state index in [1.807, 2.05) is 12.1 Å². The molecule has 2 N–H and O–H groups in total. The van der Waals surface area contributed by atoms with E-state index in [9.17, 15) is 4.79 Å². The number of para-hydroxylation sites is 2. The zero-order valence-corrected chi connectivity index (χ0v) is 15.3. The van der Waals surface area contributed by atoms with Crippen LogP contribution in [0.2, 0.25) is 10.0 Å². The lowest BCUT2D eigenvalue weighted by atomic mass is 10.2. The van der Waals surface area contributed by atoms with Crippen molar-refractivity contribution in [2.24, 2.45) is 0 Å². The number of rotatable bonds is 5. The Morgan fingerprint density at radius 1 is 1.00 bits per heavy atom. The van der Waals surface area contributed by atoms with Crippen molar-refractivity contribution in [1.29, 1.82) is 0 Å². The predicted molar refractivity (Wildman–Crippen MR) is 105 cm³/mol. The summed E-state index contributed by atoms with van der Waals surface area (Å²) in [6, 6.07) is 15.8. The van der Waals surface area contributed by atoms with Crippen LogP contribution in [0, 0.1) is 0 Å². The quantitative estimate of drug-likeness (QED) is 0.615. The average molecular weight is 388 g/mol. The van der Waals surface area contributed by atoms with Crippen LogP contribution < -0.4 is 15.4 Å². The molecule has 0 aliphatic carbocycles. The van der Waals surface area contributed by atoms with Gasteiger partial charge in [0, 0.05) is 5.69 Å². The summed E-state index contributed by atoms with van der Waals surface area (Å²) in [5.41, 5.74) is 2.36. The zero-order chi connectivity index (χ0) is 18.5. The van der Waals surface area contributed by atoms with Crippen LogP contribution >= 0.6 is 23.2 Å². The summed E-state index contributed by atoms with van der Waals surface area (Å²) in [6.07, 6.45) is 1.57. The van der Waals surface area contributed by atoms with Gasteiger partial charge >= 0.3 is 0 Å². The molecule has 0 saturated carbocycles. The molecule has 3 aromatic rings. The summed E-state index contributed by atoms with van der Waals surface area (Å²) in [4.78, 5) is 16.5. The molecular weight excluding hydrogens is 373 g/mol. The lowest BCUT2D eigenvalue weighted by Crippen LogP contribution is -2.14. The van der Waals surface area contributed by atoms with Gasteiger partial charge in [0.1, 0.15) is 11.4 Å². The van der Waals surface area contributed by atoms with Crippen LogP contribution in [0.25, 0.3) is 0 Å². The Morgan fingerprint density at radius 3 is 2.46 bits per heavy atom. The van der Waals surface area contributed by atoms with Crippen LogP contribution in [-0.2, 0) is 0 Å². The largest absolute Gasteiger partial charge is 0.495 e. The molecule has 1 heterocycles. The normalized spacial score (nSPS) is 10.3. The molecule has 132 valence electrons. The molecule has 26 heavy (non-hydrogen) atoms. The zero-order valence-electron chi connectivity index (χ0n) is 13.8. The SMILES string of the molecule is COc1ccccc1NC(=O)c1ccc(Nc2ccc(Cl)c(Cl)c2)cn1. The minimum absolute atomic E-state index is 0.288. The average Bonchev–Trinajstić information content (AvgIpc) is 2.66. The lowest BCUT2D eigenvalue weighted by Gasteiger charge is -2.10. The van der Waals surface area contributed by atoms with Gasteiger partial charge in [-0.1, -0.05) is 35.3 Å². The molecule has 5 nitrogen and oxygen atoms in total. The van der Waals surface area contributed by atoms with Crippen molar-refractivity contribution in [2.45, 2.75) is 0 Å². The fourth-order valence-corrected chi connectivity index (χ4v) is 2.58. The molecule has 3 rings (SSSR count). The Bertz CT molecular complexity index is 930. The Hall–Kier alpha value is -2.76. The molecule has 7 heteroatoms. The van der Waals surface area contributed by atoms with Gasteiger partial charge in [-0.2, -0.15) is 0 Å². The van der Waals surface area contributed by atoms with Crippen LogP contribution in [0.15, 0.2) is 60.8 Å². The van der Waals surface area contributed by atoms with Crippen molar-refractivity contribution in [3.63, 3.8) is 0 Å². The van der Waals surface area contributed by atoms with Crippen molar-refractivity contribution in [3.8, 4) is 5.75 Å². The topological polar surface area (TPSA) is 63.2 Å². The summed E-state index contributed by atoms with van der Waals surface area (Å²) < 4.78 is 5.22. The molecule has 1 aromatic heterocycles. The summed E-state index contributed by atoms with van der Waals surface area (Å²) in [5.74, 6) is 0.259. The Balaban J connectivity index is 1.70. The van der Waals surface area contributed by atoms with E-state index in [1.54, 1.807) is 55.8 Å². The van der Waals surface area contributed by atoms with Crippen LogP contribution in [0.5, 0.6) is 5.75 Å². The van der Waals surface area contributed by atoms with Gasteiger partial charge in [0.25, 0.3) is 5.91 Å². The van der Waals surface area contributed by atoms with E-state index in [-0.39, 0.29) is 11.6 Å². The van der Waals surface area contributed by atoms with E-state index >= 15 is 0 Å². The van der Waals surface area contributed by atoms with Crippen molar-refractivity contribution >= 4 is 46.2 Å². The van der Waals surface area contributed by atoms with Gasteiger partial charge in [0.2, 0.25) is 0 Å². The van der Waals surface area contributed by atoms with Crippen LogP contribution in [0.3, 0.4) is 0 Å². The highest BCUT2D eigenvalue weighted by atomic mass is 35.5. The standard InChI is InChI=1S/C19H15Cl2N3O2/c1-26-18-5-3-2-4-16(18)24-19(25)17-9-7-13(11-22-17)23-12-6-8-14(20)15(21)10-12/h2-11,23H,1H3,(H,24,25). The smallest absolute Gasteiger partial charge is 0.274 e. The maximum absolute atomic E-state index is 12.4. The molecule has 0 spiro atoms. The van der Waals surface area contributed by atoms with Gasteiger partial charge in [-0.05, 0) is 42.5 Å². The number of carbonyl (C=O) groups excluding carboxylic acids is 1. The maximum Gasteiger partial charge on any atom is 0.274 e. The second-order valence-electron chi connectivity index (χ2n) is 5.34. The molecule has 0 bridgehead atoms. The Labute approximate surface area is 160 Å². The lowest BCUT2D eigenvalue weighted by molar-refractivity contribution is 0.102. The number of carbonyl (C=O) groups is 1. The first-order valence-corrected chi connectivity index (χ1v) is 8.45. The fourth-order valence-electron chi connectivity index (χ4n) is 2.28. The van der Waals surface area contributed by atoms with E-state index in [0.29, 0.717) is 21.5 Å². The minimum Gasteiger partial charge on any atom is -0.495 e. The van der Waals surface area contributed by atoms with Gasteiger partial charge in [-0.15, -0.1) is 0 Å². The third-order valence-electron chi connectivity index (χ3n) is 3.56. The van der Waals surface area contributed by atoms with Crippen molar-refractivity contribution in [3.05, 3.63) is 76.5 Å². The number of nitrogens with one attached hydrogen (secondary N) is 2. The highest BCUT2D eigenvalue weighted by Crippen LogP contribution is 2.27. The summed E-state index contributed by atoms with van der Waals surface area (Å²) in [5, 5.41) is 6.87. The van der Waals surface area contributed by atoms with E-state index in [1.165, 1.54) is 0 Å². The molecule has 0 aliphatic heterocycles. The van der Waals surface area contributed by atoms with Gasteiger partial charge in [-0.3, -0.25) is 4.79 Å². The molecule has 0 radical (unpaired) electrons. The first-order valence-electron chi connectivity index (χ1n) is 7.69. The number of anilines is 3. The third kappa shape index (κ3) is 4.25. The monoisotopic (exact) mass is 387 g/mol. The molecular formula is C19H15Cl2N3O2. The van der Waals surface area contributed by atoms with Gasteiger partial charge in [0.05, 0.1) is 34.7 Å². The maximum atomic E-state index is 12.4. The number of benzene rings is 2. The predicted octanol–water partition coefficient (Wildman–Crippen LogP) is 5.39. The van der Waals surface area contributed by atoms with Crippen LogP contribution in [0.4, 0.5) is 17.1 Å². The highest BCUT2D eigenvalue weighted by Gasteiger charge is 2.10. The van der Waals surface area contributed by atoms with Gasteiger partial charge in [0.15, 0.2) is 0 Å². The number of amides is 1. The number of pyridine rings is 1. The number of hydrogen-bond acceptors (Lipinski definition) is 4. The Morgan fingerprint density at radius 2 is 1.77 bits per heavy atom. The van der Waals surface area contributed by atoms with Gasteiger partial charge < -0.3 is 15.4 Å². The summed E-state index contributed by atoms with van der Waals surface area (Å²) in [7, 11) is 1.55. The minimum atomic E-state index is -0.324. The molecule has 2 aromatic carbocycles. The first-order chi connectivity index (χ1) is 12.6. The summed E-state index contributed by atoms with van der Waals surface area (Å²) in [6.45, 7) is 0. The molecule has 0 fully saturated rings. The Kier molecular flexibility index (Phi) is 5.61. The van der Waals surface area contributed by atoms with E-state index in [2.05, 4.69) is 15.6 Å². The summed E-state index contributed by atoms with van der Waals surface area (Å²) >= 11 is 11.9. The fraction of sp³-hybridized carbons (Fsp3) is 0.0526. The van der Waals surface area contributed by atoms with Crippen molar-refractivity contribution in [2.75, 3.05) is 17.7 Å². The number of hydrogen-bond donors (Lipinski definition) is 2.